The zero-order valence-corrected chi connectivity index (χ0v) is 9.53. The van der Waals surface area contributed by atoms with Crippen LogP contribution >= 0.6 is 0 Å². The molecule has 4 nitrogen and oxygen atoms in total. The minimum Gasteiger partial charge on any atom is -0.382 e. The Balaban J connectivity index is 2.92. The van der Waals surface area contributed by atoms with Crippen molar-refractivity contribution in [1.29, 1.82) is 0 Å². The number of nitrogens with zero attached hydrogens (tertiary/aromatic N) is 1. The number of anilines is 1. The summed E-state index contributed by atoms with van der Waals surface area (Å²) in [7, 11) is 0. The first kappa shape index (κ1) is 12.4. The lowest BCUT2D eigenvalue weighted by atomic mass is 10.1. The van der Waals surface area contributed by atoms with Crippen molar-refractivity contribution in [2.75, 3.05) is 5.32 Å². The number of nitro benzene ring substituents is 1. The van der Waals surface area contributed by atoms with Crippen LogP contribution in [0.1, 0.15) is 20.8 Å². The molecule has 0 spiro atoms. The van der Waals surface area contributed by atoms with Gasteiger partial charge in [-0.1, -0.05) is 13.8 Å². The van der Waals surface area contributed by atoms with Gasteiger partial charge >= 0.3 is 0 Å². The third kappa shape index (κ3) is 3.18. The van der Waals surface area contributed by atoms with Gasteiger partial charge in [0.15, 0.2) is 0 Å². The number of benzene rings is 1. The summed E-state index contributed by atoms with van der Waals surface area (Å²) >= 11 is 0. The van der Waals surface area contributed by atoms with Crippen molar-refractivity contribution >= 4 is 11.4 Å². The zero-order chi connectivity index (χ0) is 12.3. The molecule has 1 aromatic rings. The summed E-state index contributed by atoms with van der Waals surface area (Å²) in [6.07, 6.45) is 0. The second-order valence-electron chi connectivity index (χ2n) is 4.13. The molecule has 0 aliphatic heterocycles. The van der Waals surface area contributed by atoms with Gasteiger partial charge in [-0.2, -0.15) is 0 Å². The van der Waals surface area contributed by atoms with Crippen LogP contribution in [0.25, 0.3) is 0 Å². The van der Waals surface area contributed by atoms with E-state index in [1.165, 1.54) is 12.1 Å². The number of hydrogen-bond acceptors (Lipinski definition) is 3. The van der Waals surface area contributed by atoms with E-state index in [0.717, 1.165) is 6.07 Å². The number of hydrogen-bond donors (Lipinski definition) is 1. The molecule has 0 aliphatic carbocycles. The van der Waals surface area contributed by atoms with Crippen molar-refractivity contribution in [3.8, 4) is 0 Å². The van der Waals surface area contributed by atoms with Gasteiger partial charge < -0.3 is 5.32 Å². The van der Waals surface area contributed by atoms with E-state index in [0.29, 0.717) is 11.6 Å². The van der Waals surface area contributed by atoms with E-state index in [2.05, 4.69) is 5.32 Å². The summed E-state index contributed by atoms with van der Waals surface area (Å²) in [5.41, 5.74) is 0.200. The largest absolute Gasteiger partial charge is 0.382 e. The summed E-state index contributed by atoms with van der Waals surface area (Å²) in [6.45, 7) is 5.98. The van der Waals surface area contributed by atoms with Gasteiger partial charge in [-0.25, -0.2) is 4.39 Å². The van der Waals surface area contributed by atoms with Crippen molar-refractivity contribution in [3.63, 3.8) is 0 Å². The van der Waals surface area contributed by atoms with Crippen LogP contribution < -0.4 is 5.32 Å². The van der Waals surface area contributed by atoms with Gasteiger partial charge in [0.1, 0.15) is 5.82 Å². The molecule has 0 fully saturated rings. The molecule has 88 valence electrons. The van der Waals surface area contributed by atoms with E-state index < -0.39 is 10.7 Å². The number of nitro groups is 1. The molecule has 0 aliphatic rings. The Hall–Kier alpha value is -1.65. The average Bonchev–Trinajstić information content (AvgIpc) is 2.16. The van der Waals surface area contributed by atoms with Gasteiger partial charge in [-0.05, 0) is 18.9 Å². The van der Waals surface area contributed by atoms with E-state index in [4.69, 9.17) is 0 Å². The highest BCUT2D eigenvalue weighted by molar-refractivity contribution is 5.52. The molecule has 0 heterocycles. The molecule has 5 heteroatoms. The Morgan fingerprint density at radius 2 is 1.94 bits per heavy atom. The van der Waals surface area contributed by atoms with E-state index >= 15 is 0 Å². The van der Waals surface area contributed by atoms with Crippen LogP contribution in [0.5, 0.6) is 0 Å². The molecular weight excluding hydrogens is 211 g/mol. The molecule has 1 unspecified atom stereocenters. The van der Waals surface area contributed by atoms with Crippen LogP contribution in [0.2, 0.25) is 0 Å². The van der Waals surface area contributed by atoms with E-state index in [-0.39, 0.29) is 11.7 Å². The maximum atomic E-state index is 13.1. The van der Waals surface area contributed by atoms with Crippen molar-refractivity contribution in [2.24, 2.45) is 5.92 Å². The summed E-state index contributed by atoms with van der Waals surface area (Å²) in [6, 6.07) is 3.63. The fourth-order valence-electron chi connectivity index (χ4n) is 1.19. The Morgan fingerprint density at radius 1 is 1.31 bits per heavy atom. The third-order valence-corrected chi connectivity index (χ3v) is 2.49. The Bertz CT molecular complexity index is 394. The van der Waals surface area contributed by atoms with E-state index in [1.54, 1.807) is 0 Å². The maximum Gasteiger partial charge on any atom is 0.274 e. The molecule has 0 saturated carbocycles. The maximum absolute atomic E-state index is 13.1. The lowest BCUT2D eigenvalue weighted by Crippen LogP contribution is -2.21. The lowest BCUT2D eigenvalue weighted by Gasteiger charge is -2.18. The lowest BCUT2D eigenvalue weighted by molar-refractivity contribution is -0.385. The second-order valence-corrected chi connectivity index (χ2v) is 4.13. The SMILES string of the molecule is CC(C)C(C)Nc1cc(F)cc([N+](=O)[O-])c1. The number of halogens is 1. The molecular formula is C11H15FN2O2. The smallest absolute Gasteiger partial charge is 0.274 e. The predicted octanol–water partition coefficient (Wildman–Crippen LogP) is 3.19. The van der Waals surface area contributed by atoms with Gasteiger partial charge in [0.05, 0.1) is 11.0 Å². The monoisotopic (exact) mass is 226 g/mol. The van der Waals surface area contributed by atoms with Gasteiger partial charge in [0.25, 0.3) is 5.69 Å². The van der Waals surface area contributed by atoms with E-state index in [1.807, 2.05) is 20.8 Å². The number of nitrogens with one attached hydrogen (secondary N) is 1. The van der Waals surface area contributed by atoms with Crippen LogP contribution in [0, 0.1) is 21.8 Å². The van der Waals surface area contributed by atoms with Crippen LogP contribution in [-0.4, -0.2) is 11.0 Å². The summed E-state index contributed by atoms with van der Waals surface area (Å²) < 4.78 is 13.1. The third-order valence-electron chi connectivity index (χ3n) is 2.49. The first-order chi connectivity index (χ1) is 7.40. The van der Waals surface area contributed by atoms with Crippen LogP contribution in [0.4, 0.5) is 15.8 Å². The number of non-ortho nitro benzene ring substituents is 1. The highest BCUT2D eigenvalue weighted by Gasteiger charge is 2.12. The first-order valence-corrected chi connectivity index (χ1v) is 5.11. The van der Waals surface area contributed by atoms with Gasteiger partial charge in [0.2, 0.25) is 0 Å². The molecule has 16 heavy (non-hydrogen) atoms. The Morgan fingerprint density at radius 3 is 2.44 bits per heavy atom. The molecule has 0 aromatic heterocycles. The summed E-state index contributed by atoms with van der Waals surface area (Å²) in [5, 5.41) is 13.6. The standard InChI is InChI=1S/C11H15FN2O2/c1-7(2)8(3)13-10-4-9(12)5-11(6-10)14(15)16/h4-8,13H,1-3H3. The van der Waals surface area contributed by atoms with Gasteiger partial charge in [-0.15, -0.1) is 0 Å². The topological polar surface area (TPSA) is 55.2 Å². The molecule has 1 aromatic carbocycles. The van der Waals surface area contributed by atoms with Crippen LogP contribution in [0.15, 0.2) is 18.2 Å². The second kappa shape index (κ2) is 4.92. The fourth-order valence-corrected chi connectivity index (χ4v) is 1.19. The minimum atomic E-state index is -0.604. The Labute approximate surface area is 93.6 Å². The van der Waals surface area contributed by atoms with Gasteiger partial charge in [-0.3, -0.25) is 10.1 Å². The number of rotatable bonds is 4. The van der Waals surface area contributed by atoms with E-state index in [9.17, 15) is 14.5 Å². The highest BCUT2D eigenvalue weighted by atomic mass is 19.1. The molecule has 0 saturated heterocycles. The van der Waals surface area contributed by atoms with Gasteiger partial charge in [0, 0.05) is 17.8 Å². The minimum absolute atomic E-state index is 0.126. The molecule has 0 amide bonds. The summed E-state index contributed by atoms with van der Waals surface area (Å²) in [4.78, 5) is 9.93. The van der Waals surface area contributed by atoms with Crippen molar-refractivity contribution in [2.45, 2.75) is 26.8 Å². The average molecular weight is 226 g/mol. The molecule has 0 radical (unpaired) electrons. The van der Waals surface area contributed by atoms with Crippen molar-refractivity contribution < 1.29 is 9.31 Å². The van der Waals surface area contributed by atoms with Crippen LogP contribution in [0.3, 0.4) is 0 Å². The zero-order valence-electron chi connectivity index (χ0n) is 9.53. The van der Waals surface area contributed by atoms with Crippen molar-refractivity contribution in [3.05, 3.63) is 34.1 Å². The molecule has 1 N–H and O–H groups in total. The Kier molecular flexibility index (Phi) is 3.82. The summed E-state index contributed by atoms with van der Waals surface area (Å²) in [5.74, 6) is -0.241. The first-order valence-electron chi connectivity index (χ1n) is 5.11. The molecule has 1 atom stereocenters. The van der Waals surface area contributed by atoms with Crippen molar-refractivity contribution in [1.82, 2.24) is 0 Å². The predicted molar refractivity (Wildman–Crippen MR) is 61.0 cm³/mol. The quantitative estimate of drug-likeness (QED) is 0.633. The highest BCUT2D eigenvalue weighted by Crippen LogP contribution is 2.21. The molecule has 0 bridgehead atoms. The molecule has 1 rings (SSSR count). The fraction of sp³-hybridized carbons (Fsp3) is 0.455. The normalized spacial score (nSPS) is 12.6. The van der Waals surface area contributed by atoms with Crippen LogP contribution in [-0.2, 0) is 0 Å².